The zero-order valence-corrected chi connectivity index (χ0v) is 10.1. The van der Waals surface area contributed by atoms with Gasteiger partial charge in [-0.05, 0) is 18.2 Å². The highest BCUT2D eigenvalue weighted by Gasteiger charge is 2.16. The lowest BCUT2D eigenvalue weighted by Gasteiger charge is -2.19. The van der Waals surface area contributed by atoms with Crippen LogP contribution in [0.5, 0.6) is 0 Å². The van der Waals surface area contributed by atoms with Crippen LogP contribution in [-0.4, -0.2) is 23.9 Å². The molecule has 1 aromatic rings. The van der Waals surface area contributed by atoms with Gasteiger partial charge in [0.15, 0.2) is 0 Å². The van der Waals surface area contributed by atoms with Gasteiger partial charge in [-0.25, -0.2) is 4.39 Å². The number of carbonyl (C=O) groups excluding carboxylic acids is 1. The van der Waals surface area contributed by atoms with Gasteiger partial charge in [0.25, 0.3) is 5.91 Å². The first-order valence-corrected chi connectivity index (χ1v) is 5.44. The normalized spacial score (nSPS) is 9.76. The summed E-state index contributed by atoms with van der Waals surface area (Å²) in [5, 5.41) is 0.105. The van der Waals surface area contributed by atoms with E-state index in [0.717, 1.165) is 6.07 Å². The summed E-state index contributed by atoms with van der Waals surface area (Å²) in [5.74, 6) is -0.736. The summed E-state index contributed by atoms with van der Waals surface area (Å²) in [4.78, 5) is 13.6. The minimum Gasteiger partial charge on any atom is -0.331 e. The smallest absolute Gasteiger partial charge is 0.255 e. The number of hydrogen-bond donors (Lipinski definition) is 0. The van der Waals surface area contributed by atoms with Crippen LogP contribution in [0.3, 0.4) is 0 Å². The lowest BCUT2D eigenvalue weighted by Crippen LogP contribution is -2.31. The van der Waals surface area contributed by atoms with Crippen molar-refractivity contribution in [3.8, 4) is 0 Å². The van der Waals surface area contributed by atoms with Crippen LogP contribution in [-0.2, 0) is 0 Å². The van der Waals surface area contributed by atoms with Gasteiger partial charge < -0.3 is 4.90 Å². The average molecular weight is 254 g/mol. The van der Waals surface area contributed by atoms with Crippen LogP contribution >= 0.6 is 11.6 Å². The molecule has 0 spiro atoms. The Morgan fingerprint density at radius 3 is 2.41 bits per heavy atom. The van der Waals surface area contributed by atoms with E-state index in [0.29, 0.717) is 13.1 Å². The summed E-state index contributed by atoms with van der Waals surface area (Å²) in [6.45, 7) is 7.92. The summed E-state index contributed by atoms with van der Waals surface area (Å²) in [6, 6.07) is 3.70. The molecule has 0 atom stereocenters. The molecular weight excluding hydrogens is 241 g/mol. The molecule has 0 fully saturated rings. The number of nitrogens with zero attached hydrogens (tertiary/aromatic N) is 1. The van der Waals surface area contributed by atoms with Gasteiger partial charge in [-0.15, -0.1) is 13.2 Å². The van der Waals surface area contributed by atoms with E-state index >= 15 is 0 Å². The molecule has 90 valence electrons. The van der Waals surface area contributed by atoms with E-state index in [4.69, 9.17) is 11.6 Å². The van der Waals surface area contributed by atoms with Gasteiger partial charge in [0, 0.05) is 13.1 Å². The highest BCUT2D eigenvalue weighted by Crippen LogP contribution is 2.19. The molecular formula is C13H13ClFNO. The number of amides is 1. The third-order valence-electron chi connectivity index (χ3n) is 2.15. The van der Waals surface area contributed by atoms with Crippen molar-refractivity contribution in [2.24, 2.45) is 0 Å². The van der Waals surface area contributed by atoms with E-state index < -0.39 is 5.82 Å². The van der Waals surface area contributed by atoms with E-state index in [1.807, 2.05) is 0 Å². The summed E-state index contributed by atoms with van der Waals surface area (Å²) in [7, 11) is 0. The SMILES string of the molecule is C=CCN(CC=C)C(=O)c1ccc(F)cc1Cl. The van der Waals surface area contributed by atoms with Crippen molar-refractivity contribution in [2.75, 3.05) is 13.1 Å². The van der Waals surface area contributed by atoms with Gasteiger partial charge in [0.1, 0.15) is 5.82 Å². The lowest BCUT2D eigenvalue weighted by molar-refractivity contribution is 0.0791. The molecule has 0 bridgehead atoms. The highest BCUT2D eigenvalue weighted by atomic mass is 35.5. The molecule has 0 aliphatic rings. The van der Waals surface area contributed by atoms with Gasteiger partial charge in [0.05, 0.1) is 10.6 Å². The Bertz CT molecular complexity index is 435. The number of halogens is 2. The predicted molar refractivity (Wildman–Crippen MR) is 67.7 cm³/mol. The third kappa shape index (κ3) is 3.43. The molecule has 1 amide bonds. The van der Waals surface area contributed by atoms with E-state index in [9.17, 15) is 9.18 Å². The molecule has 0 saturated carbocycles. The minimum absolute atomic E-state index is 0.105. The molecule has 0 radical (unpaired) electrons. The molecule has 0 N–H and O–H groups in total. The Labute approximate surface area is 105 Å². The van der Waals surface area contributed by atoms with Crippen LogP contribution in [0.4, 0.5) is 4.39 Å². The van der Waals surface area contributed by atoms with Crippen molar-refractivity contribution in [1.82, 2.24) is 4.90 Å². The molecule has 0 heterocycles. The van der Waals surface area contributed by atoms with Gasteiger partial charge in [-0.1, -0.05) is 23.8 Å². The first-order chi connectivity index (χ1) is 8.10. The third-order valence-corrected chi connectivity index (χ3v) is 2.46. The zero-order valence-electron chi connectivity index (χ0n) is 9.33. The van der Waals surface area contributed by atoms with Gasteiger partial charge in [0.2, 0.25) is 0 Å². The Hall–Kier alpha value is -1.61. The van der Waals surface area contributed by atoms with Gasteiger partial charge >= 0.3 is 0 Å². The largest absolute Gasteiger partial charge is 0.331 e. The minimum atomic E-state index is -0.467. The van der Waals surface area contributed by atoms with Crippen molar-refractivity contribution >= 4 is 17.5 Å². The fraction of sp³-hybridized carbons (Fsp3) is 0.154. The second-order valence-electron chi connectivity index (χ2n) is 3.41. The average Bonchev–Trinajstić information content (AvgIpc) is 2.28. The van der Waals surface area contributed by atoms with Crippen molar-refractivity contribution in [1.29, 1.82) is 0 Å². The maximum atomic E-state index is 12.9. The second-order valence-corrected chi connectivity index (χ2v) is 3.82. The van der Waals surface area contributed by atoms with E-state index in [1.54, 1.807) is 12.2 Å². The Kier molecular flexibility index (Phi) is 4.91. The number of benzene rings is 1. The van der Waals surface area contributed by atoms with Crippen molar-refractivity contribution in [3.63, 3.8) is 0 Å². The lowest BCUT2D eigenvalue weighted by atomic mass is 10.2. The molecule has 0 aromatic heterocycles. The number of hydrogen-bond acceptors (Lipinski definition) is 1. The fourth-order valence-electron chi connectivity index (χ4n) is 1.39. The standard InChI is InChI=1S/C13H13ClFNO/c1-3-7-16(8-4-2)13(17)11-6-5-10(15)9-12(11)14/h3-6,9H,1-2,7-8H2. The Morgan fingerprint density at radius 1 is 1.35 bits per heavy atom. The maximum Gasteiger partial charge on any atom is 0.255 e. The monoisotopic (exact) mass is 253 g/mol. The molecule has 0 unspecified atom stereocenters. The quantitative estimate of drug-likeness (QED) is 0.738. The van der Waals surface area contributed by atoms with Crippen LogP contribution in [0.1, 0.15) is 10.4 Å². The predicted octanol–water partition coefficient (Wildman–Crippen LogP) is 3.29. The summed E-state index contributed by atoms with van der Waals surface area (Å²) in [5.41, 5.74) is 0.275. The van der Waals surface area contributed by atoms with Crippen molar-refractivity contribution in [2.45, 2.75) is 0 Å². The van der Waals surface area contributed by atoms with Crippen LogP contribution in [0.25, 0.3) is 0 Å². The van der Waals surface area contributed by atoms with Gasteiger partial charge in [-0.2, -0.15) is 0 Å². The second kappa shape index (κ2) is 6.21. The molecule has 0 aliphatic heterocycles. The van der Waals surface area contributed by atoms with Crippen molar-refractivity contribution < 1.29 is 9.18 Å². The number of carbonyl (C=O) groups is 1. The Morgan fingerprint density at radius 2 is 1.94 bits per heavy atom. The van der Waals surface area contributed by atoms with Crippen LogP contribution in [0, 0.1) is 5.82 Å². The first-order valence-electron chi connectivity index (χ1n) is 5.06. The number of rotatable bonds is 5. The molecule has 0 aliphatic carbocycles. The van der Waals surface area contributed by atoms with E-state index in [-0.39, 0.29) is 16.5 Å². The molecule has 0 saturated heterocycles. The van der Waals surface area contributed by atoms with Gasteiger partial charge in [-0.3, -0.25) is 4.79 Å². The fourth-order valence-corrected chi connectivity index (χ4v) is 1.63. The first kappa shape index (κ1) is 13.5. The molecule has 1 aromatic carbocycles. The van der Waals surface area contributed by atoms with E-state index in [1.165, 1.54) is 17.0 Å². The van der Waals surface area contributed by atoms with Crippen LogP contribution in [0.2, 0.25) is 5.02 Å². The molecule has 17 heavy (non-hydrogen) atoms. The molecule has 1 rings (SSSR count). The summed E-state index contributed by atoms with van der Waals surface area (Å²) in [6.07, 6.45) is 3.22. The molecule has 4 heteroatoms. The summed E-state index contributed by atoms with van der Waals surface area (Å²) >= 11 is 5.83. The van der Waals surface area contributed by atoms with Crippen LogP contribution in [0.15, 0.2) is 43.5 Å². The van der Waals surface area contributed by atoms with E-state index in [2.05, 4.69) is 13.2 Å². The highest BCUT2D eigenvalue weighted by molar-refractivity contribution is 6.33. The molecule has 2 nitrogen and oxygen atoms in total. The maximum absolute atomic E-state index is 12.9. The topological polar surface area (TPSA) is 20.3 Å². The van der Waals surface area contributed by atoms with Crippen LogP contribution < -0.4 is 0 Å². The zero-order chi connectivity index (χ0) is 12.8. The summed E-state index contributed by atoms with van der Waals surface area (Å²) < 4.78 is 12.9. The Balaban J connectivity index is 2.99. The van der Waals surface area contributed by atoms with Crippen molar-refractivity contribution in [3.05, 3.63) is 59.9 Å².